The molecule has 24 heavy (non-hydrogen) atoms. The fraction of sp³-hybridized carbons (Fsp3) is 0. The Hall–Kier alpha value is -3.09. The Kier molecular flexibility index (Phi) is 3.74. The van der Waals surface area contributed by atoms with Gasteiger partial charge in [-0.1, -0.05) is 48.5 Å². The van der Waals surface area contributed by atoms with E-state index in [9.17, 15) is 0 Å². The van der Waals surface area contributed by atoms with Gasteiger partial charge >= 0.3 is 0 Å². The minimum Gasteiger partial charge on any atom is -0.455 e. The summed E-state index contributed by atoms with van der Waals surface area (Å²) in [5.41, 5.74) is 3.79. The van der Waals surface area contributed by atoms with Crippen molar-refractivity contribution in [2.45, 2.75) is 0 Å². The molecule has 0 N–H and O–H groups in total. The number of rotatable bonds is 3. The summed E-state index contributed by atoms with van der Waals surface area (Å²) >= 11 is 1.65. The van der Waals surface area contributed by atoms with Crippen LogP contribution in [0.4, 0.5) is 0 Å². The molecule has 114 valence electrons. The van der Waals surface area contributed by atoms with Crippen LogP contribution in [-0.2, 0) is 0 Å². The Morgan fingerprint density at radius 3 is 2.29 bits per heavy atom. The molecule has 0 radical (unpaired) electrons. The lowest BCUT2D eigenvalue weighted by molar-refractivity contribution is 0.599. The van der Waals surface area contributed by atoms with Crippen LogP contribution in [0.1, 0.15) is 5.56 Å². The van der Waals surface area contributed by atoms with E-state index in [1.165, 1.54) is 0 Å². The lowest BCUT2D eigenvalue weighted by Gasteiger charge is -2.01. The molecule has 0 unspecified atom stereocenters. The zero-order valence-electron chi connectivity index (χ0n) is 12.8. The van der Waals surface area contributed by atoms with Crippen molar-refractivity contribution in [2.24, 2.45) is 0 Å². The molecule has 2 nitrogen and oxygen atoms in total. The van der Waals surface area contributed by atoms with Crippen LogP contribution in [-0.4, -0.2) is 0 Å². The molecule has 0 amide bonds. The van der Waals surface area contributed by atoms with Crippen LogP contribution < -0.4 is 0 Å². The summed E-state index contributed by atoms with van der Waals surface area (Å²) < 4.78 is 6.20. The van der Waals surface area contributed by atoms with Gasteiger partial charge in [-0.25, -0.2) is 0 Å². The highest BCUT2D eigenvalue weighted by molar-refractivity contribution is 7.13. The summed E-state index contributed by atoms with van der Waals surface area (Å²) in [6.07, 6.45) is 0. The molecule has 0 aliphatic heterocycles. The first-order valence-corrected chi connectivity index (χ1v) is 8.47. The molecular formula is C21H13NOS. The average molecular weight is 327 g/mol. The molecule has 0 saturated heterocycles. The van der Waals surface area contributed by atoms with Crippen molar-refractivity contribution < 1.29 is 4.42 Å². The van der Waals surface area contributed by atoms with E-state index < -0.39 is 0 Å². The number of furan rings is 1. The van der Waals surface area contributed by atoms with E-state index in [1.807, 2.05) is 66.0 Å². The topological polar surface area (TPSA) is 36.9 Å². The van der Waals surface area contributed by atoms with Crippen molar-refractivity contribution in [1.29, 1.82) is 5.26 Å². The Bertz CT molecular complexity index is 990. The maximum Gasteiger partial charge on any atom is 0.152 e. The zero-order chi connectivity index (χ0) is 16.4. The number of benzene rings is 2. The van der Waals surface area contributed by atoms with Crippen LogP contribution in [0.15, 0.2) is 82.6 Å². The highest BCUT2D eigenvalue weighted by Gasteiger charge is 2.16. The van der Waals surface area contributed by atoms with E-state index in [2.05, 4.69) is 18.2 Å². The van der Waals surface area contributed by atoms with E-state index in [4.69, 9.17) is 9.68 Å². The maximum atomic E-state index is 8.99. The van der Waals surface area contributed by atoms with Gasteiger partial charge in [0.1, 0.15) is 5.76 Å². The Morgan fingerprint density at radius 2 is 1.62 bits per heavy atom. The first-order chi connectivity index (χ1) is 11.8. The highest BCUT2D eigenvalue weighted by Crippen LogP contribution is 2.40. The average Bonchev–Trinajstić information content (AvgIpc) is 3.32. The van der Waals surface area contributed by atoms with Gasteiger partial charge in [0.25, 0.3) is 0 Å². The van der Waals surface area contributed by atoms with Gasteiger partial charge < -0.3 is 4.42 Å². The number of hydrogen-bond acceptors (Lipinski definition) is 3. The van der Waals surface area contributed by atoms with E-state index in [1.54, 1.807) is 11.3 Å². The quantitative estimate of drug-likeness (QED) is 0.448. The monoisotopic (exact) mass is 327 g/mol. The van der Waals surface area contributed by atoms with Crippen LogP contribution in [0.3, 0.4) is 0 Å². The summed E-state index contributed by atoms with van der Waals surface area (Å²) in [7, 11) is 0. The molecular weight excluding hydrogens is 314 g/mol. The lowest BCUT2D eigenvalue weighted by atomic mass is 10.0. The van der Waals surface area contributed by atoms with Crippen molar-refractivity contribution >= 4 is 11.3 Å². The minimum atomic E-state index is 0.656. The van der Waals surface area contributed by atoms with Gasteiger partial charge in [-0.05, 0) is 35.2 Å². The molecule has 0 atom stereocenters. The van der Waals surface area contributed by atoms with Crippen molar-refractivity contribution in [2.75, 3.05) is 0 Å². The fourth-order valence-corrected chi connectivity index (χ4v) is 3.38. The zero-order valence-corrected chi connectivity index (χ0v) is 13.6. The second kappa shape index (κ2) is 6.19. The first kappa shape index (κ1) is 14.5. The van der Waals surface area contributed by atoms with Gasteiger partial charge in [-0.2, -0.15) is 5.26 Å². The van der Waals surface area contributed by atoms with Gasteiger partial charge in [0.2, 0.25) is 0 Å². The fourth-order valence-electron chi connectivity index (χ4n) is 2.67. The molecule has 2 heterocycles. The Balaban J connectivity index is 1.88. The summed E-state index contributed by atoms with van der Waals surface area (Å²) in [6, 6.07) is 26.0. The SMILES string of the molecule is N#Cc1ccc(-c2cc(-c3ccccc3)oc2-c2cccs2)cc1. The van der Waals surface area contributed by atoms with Gasteiger partial charge in [-0.15, -0.1) is 11.3 Å². The predicted molar refractivity (Wildman–Crippen MR) is 97.6 cm³/mol. The standard InChI is InChI=1S/C21H13NOS/c22-14-15-8-10-16(11-9-15)18-13-19(17-5-2-1-3-6-17)23-21(18)20-7-4-12-24-20/h1-13H. The number of nitrogens with zero attached hydrogens (tertiary/aromatic N) is 1. The molecule has 2 aromatic heterocycles. The van der Waals surface area contributed by atoms with Gasteiger partial charge in [-0.3, -0.25) is 0 Å². The van der Waals surface area contributed by atoms with Crippen LogP contribution in [0.2, 0.25) is 0 Å². The lowest BCUT2D eigenvalue weighted by Crippen LogP contribution is -1.79. The minimum absolute atomic E-state index is 0.656. The third-order valence-electron chi connectivity index (χ3n) is 3.86. The summed E-state index contributed by atoms with van der Waals surface area (Å²) in [6.45, 7) is 0. The van der Waals surface area contributed by atoms with E-state index in [0.29, 0.717) is 5.56 Å². The molecule has 0 fully saturated rings. The molecule has 0 bridgehead atoms. The maximum absolute atomic E-state index is 8.99. The number of thiophene rings is 1. The third-order valence-corrected chi connectivity index (χ3v) is 4.73. The summed E-state index contributed by atoms with van der Waals surface area (Å²) in [4.78, 5) is 1.09. The number of nitriles is 1. The van der Waals surface area contributed by atoms with E-state index >= 15 is 0 Å². The predicted octanol–water partition coefficient (Wildman–Crippen LogP) is 6.21. The molecule has 4 rings (SSSR count). The van der Waals surface area contributed by atoms with E-state index in [0.717, 1.165) is 33.1 Å². The van der Waals surface area contributed by atoms with E-state index in [-0.39, 0.29) is 0 Å². The van der Waals surface area contributed by atoms with Crippen molar-refractivity contribution in [3.63, 3.8) is 0 Å². The second-order valence-electron chi connectivity index (χ2n) is 5.39. The Labute approximate surface area is 144 Å². The van der Waals surface area contributed by atoms with Gasteiger partial charge in [0.15, 0.2) is 5.76 Å². The number of hydrogen-bond donors (Lipinski definition) is 0. The van der Waals surface area contributed by atoms with Crippen LogP contribution in [0.25, 0.3) is 33.1 Å². The van der Waals surface area contributed by atoms with Gasteiger partial charge in [0.05, 0.1) is 16.5 Å². The molecule has 0 aliphatic rings. The van der Waals surface area contributed by atoms with Crippen LogP contribution in [0.5, 0.6) is 0 Å². The van der Waals surface area contributed by atoms with Crippen molar-refractivity contribution in [3.05, 3.63) is 83.7 Å². The molecule has 0 saturated carbocycles. The van der Waals surface area contributed by atoms with Gasteiger partial charge in [0, 0.05) is 11.1 Å². The van der Waals surface area contributed by atoms with Crippen molar-refractivity contribution in [1.82, 2.24) is 0 Å². The molecule has 4 aromatic rings. The molecule has 0 aliphatic carbocycles. The summed E-state index contributed by atoms with van der Waals surface area (Å²) in [5.74, 6) is 1.71. The molecule has 3 heteroatoms. The molecule has 2 aromatic carbocycles. The third kappa shape index (κ3) is 2.64. The largest absolute Gasteiger partial charge is 0.455 e. The first-order valence-electron chi connectivity index (χ1n) is 7.59. The highest BCUT2D eigenvalue weighted by atomic mass is 32.1. The second-order valence-corrected chi connectivity index (χ2v) is 6.33. The van der Waals surface area contributed by atoms with Crippen LogP contribution in [0, 0.1) is 11.3 Å². The normalized spacial score (nSPS) is 10.5. The molecule has 0 spiro atoms. The van der Waals surface area contributed by atoms with Crippen LogP contribution >= 0.6 is 11.3 Å². The summed E-state index contributed by atoms with van der Waals surface area (Å²) in [5, 5.41) is 11.0. The van der Waals surface area contributed by atoms with Crippen molar-refractivity contribution in [3.8, 4) is 39.2 Å². The Morgan fingerprint density at radius 1 is 0.833 bits per heavy atom. The smallest absolute Gasteiger partial charge is 0.152 e.